The molecule has 1 nitrogen and oxygen atoms in total. The zero-order chi connectivity index (χ0) is 15.6. The molecule has 0 aromatic heterocycles. The van der Waals surface area contributed by atoms with Crippen LogP contribution in [0.15, 0.2) is 83.0 Å². The first-order valence-corrected chi connectivity index (χ1v) is 8.37. The Morgan fingerprint density at radius 1 is 1.04 bits per heavy atom. The number of fused-ring (bicyclic) bond motifs is 1. The largest absolute Gasteiger partial charge is 0.330 e. The van der Waals surface area contributed by atoms with Crippen LogP contribution in [0.25, 0.3) is 16.8 Å². The first-order chi connectivity index (χ1) is 11.4. The van der Waals surface area contributed by atoms with E-state index in [0.717, 1.165) is 19.3 Å². The highest BCUT2D eigenvalue weighted by Crippen LogP contribution is 2.39. The minimum atomic E-state index is 0.706. The van der Waals surface area contributed by atoms with Gasteiger partial charge < -0.3 is 5.73 Å². The zero-order valence-corrected chi connectivity index (χ0v) is 13.3. The molecule has 0 radical (unpaired) electrons. The summed E-state index contributed by atoms with van der Waals surface area (Å²) >= 11 is 0. The van der Waals surface area contributed by atoms with Gasteiger partial charge in [0.1, 0.15) is 0 Å². The first-order valence-electron chi connectivity index (χ1n) is 8.37. The molecule has 114 valence electrons. The molecule has 0 aliphatic heterocycles. The van der Waals surface area contributed by atoms with Gasteiger partial charge in [0.05, 0.1) is 0 Å². The zero-order valence-electron chi connectivity index (χ0n) is 13.3. The molecule has 0 saturated carbocycles. The van der Waals surface area contributed by atoms with Crippen molar-refractivity contribution in [2.75, 3.05) is 6.54 Å². The summed E-state index contributed by atoms with van der Waals surface area (Å²) in [7, 11) is 0. The van der Waals surface area contributed by atoms with Crippen LogP contribution in [0.4, 0.5) is 0 Å². The van der Waals surface area contributed by atoms with Gasteiger partial charge in [0.15, 0.2) is 0 Å². The maximum absolute atomic E-state index is 5.80. The van der Waals surface area contributed by atoms with Crippen LogP contribution >= 0.6 is 0 Å². The summed E-state index contributed by atoms with van der Waals surface area (Å²) in [5, 5.41) is 2.61. The minimum Gasteiger partial charge on any atom is -0.330 e. The molecule has 2 aliphatic rings. The van der Waals surface area contributed by atoms with Gasteiger partial charge in [0, 0.05) is 0 Å². The molecule has 4 rings (SSSR count). The third-order valence-corrected chi connectivity index (χ3v) is 4.74. The van der Waals surface area contributed by atoms with Crippen LogP contribution in [0.1, 0.15) is 24.8 Å². The second-order valence-corrected chi connectivity index (χ2v) is 6.21. The molecule has 0 unspecified atom stereocenters. The van der Waals surface area contributed by atoms with Crippen molar-refractivity contribution >= 4 is 16.8 Å². The maximum atomic E-state index is 5.80. The topological polar surface area (TPSA) is 26.0 Å². The van der Waals surface area contributed by atoms with E-state index in [-0.39, 0.29) is 0 Å². The van der Waals surface area contributed by atoms with E-state index in [9.17, 15) is 0 Å². The minimum absolute atomic E-state index is 0.706. The van der Waals surface area contributed by atoms with Crippen LogP contribution < -0.4 is 5.73 Å². The van der Waals surface area contributed by atoms with Crippen molar-refractivity contribution in [3.63, 3.8) is 0 Å². The van der Waals surface area contributed by atoms with E-state index in [1.165, 1.54) is 38.6 Å². The fourth-order valence-electron chi connectivity index (χ4n) is 3.65. The lowest BCUT2D eigenvalue weighted by atomic mass is 9.93. The summed E-state index contributed by atoms with van der Waals surface area (Å²) in [6, 6.07) is 15.1. The van der Waals surface area contributed by atoms with Gasteiger partial charge in [-0.2, -0.15) is 0 Å². The van der Waals surface area contributed by atoms with Crippen molar-refractivity contribution in [2.24, 2.45) is 5.73 Å². The smallest absolute Gasteiger partial charge is 0.00365 e. The van der Waals surface area contributed by atoms with E-state index in [1.807, 2.05) is 0 Å². The van der Waals surface area contributed by atoms with E-state index in [4.69, 9.17) is 5.73 Å². The van der Waals surface area contributed by atoms with Gasteiger partial charge in [-0.3, -0.25) is 0 Å². The quantitative estimate of drug-likeness (QED) is 0.832. The summed E-state index contributed by atoms with van der Waals surface area (Å²) in [4.78, 5) is 0. The van der Waals surface area contributed by atoms with E-state index in [1.54, 1.807) is 0 Å². The molecule has 23 heavy (non-hydrogen) atoms. The average Bonchev–Trinajstić information content (AvgIpc) is 2.94. The van der Waals surface area contributed by atoms with Crippen LogP contribution in [-0.2, 0) is 0 Å². The molecule has 2 aromatic rings. The fraction of sp³-hybridized carbons (Fsp3) is 0.182. The lowest BCUT2D eigenvalue weighted by molar-refractivity contribution is 0.941. The Kier molecular flexibility index (Phi) is 3.72. The standard InChI is InChI=1S/C22H21N/c23-13-12-18-15-19(22-11-4-3-10-21(18)22)14-17-8-5-7-16-6-1-2-9-20(16)17/h1-3,5-10,14-15H,4,11-13,23H2/b19-14+. The highest BCUT2D eigenvalue weighted by atomic mass is 14.5. The van der Waals surface area contributed by atoms with Crippen molar-refractivity contribution in [3.8, 4) is 0 Å². The second-order valence-electron chi connectivity index (χ2n) is 6.21. The van der Waals surface area contributed by atoms with Crippen LogP contribution in [0.3, 0.4) is 0 Å². The van der Waals surface area contributed by atoms with Crippen LogP contribution in [0.5, 0.6) is 0 Å². The van der Waals surface area contributed by atoms with Gasteiger partial charge in [-0.1, -0.05) is 60.7 Å². The summed E-state index contributed by atoms with van der Waals surface area (Å²) in [5.74, 6) is 0. The number of rotatable bonds is 3. The van der Waals surface area contributed by atoms with Crippen molar-refractivity contribution in [1.29, 1.82) is 0 Å². The molecule has 0 fully saturated rings. The third-order valence-electron chi connectivity index (χ3n) is 4.74. The van der Waals surface area contributed by atoms with Crippen molar-refractivity contribution in [2.45, 2.75) is 19.3 Å². The SMILES string of the molecule is NCCC1=C/C(=C\c2cccc3ccccc23)C2=C1C=CCC2. The molecule has 1 heteroatoms. The molecule has 0 saturated heterocycles. The molecular formula is C22H21N. The second kappa shape index (κ2) is 6.02. The lowest BCUT2D eigenvalue weighted by Gasteiger charge is -2.12. The summed E-state index contributed by atoms with van der Waals surface area (Å²) in [6.07, 6.45) is 12.5. The number of hydrogen-bond acceptors (Lipinski definition) is 1. The summed E-state index contributed by atoms with van der Waals surface area (Å²) in [5.41, 5.74) is 12.8. The average molecular weight is 299 g/mol. The molecule has 2 aliphatic carbocycles. The van der Waals surface area contributed by atoms with Gasteiger partial charge in [-0.05, 0) is 70.5 Å². The molecule has 2 aromatic carbocycles. The number of benzene rings is 2. The van der Waals surface area contributed by atoms with Gasteiger partial charge in [0.2, 0.25) is 0 Å². The first kappa shape index (κ1) is 14.2. The van der Waals surface area contributed by atoms with E-state index in [0.29, 0.717) is 6.54 Å². The summed E-state index contributed by atoms with van der Waals surface area (Å²) < 4.78 is 0. The maximum Gasteiger partial charge on any atom is -0.00365 e. The number of allylic oxidation sites excluding steroid dienone is 6. The molecule has 0 heterocycles. The van der Waals surface area contributed by atoms with Gasteiger partial charge in [-0.15, -0.1) is 0 Å². The van der Waals surface area contributed by atoms with Crippen LogP contribution in [0.2, 0.25) is 0 Å². The lowest BCUT2D eigenvalue weighted by Crippen LogP contribution is -2.01. The Hall–Kier alpha value is -2.38. The fourth-order valence-corrected chi connectivity index (χ4v) is 3.65. The molecule has 2 N–H and O–H groups in total. The predicted octanol–water partition coefficient (Wildman–Crippen LogP) is 5.16. The summed E-state index contributed by atoms with van der Waals surface area (Å²) in [6.45, 7) is 0.706. The van der Waals surface area contributed by atoms with Gasteiger partial charge in [0.25, 0.3) is 0 Å². The highest BCUT2D eigenvalue weighted by Gasteiger charge is 2.21. The van der Waals surface area contributed by atoms with Crippen molar-refractivity contribution in [1.82, 2.24) is 0 Å². The Labute approximate surface area is 137 Å². The van der Waals surface area contributed by atoms with Crippen LogP contribution in [0, 0.1) is 0 Å². The Morgan fingerprint density at radius 3 is 2.83 bits per heavy atom. The predicted molar refractivity (Wildman–Crippen MR) is 99.1 cm³/mol. The van der Waals surface area contributed by atoms with Gasteiger partial charge >= 0.3 is 0 Å². The molecular weight excluding hydrogens is 278 g/mol. The van der Waals surface area contributed by atoms with E-state index in [2.05, 4.69) is 66.8 Å². The molecule has 0 atom stereocenters. The van der Waals surface area contributed by atoms with Crippen LogP contribution in [-0.4, -0.2) is 6.54 Å². The normalized spacial score (nSPS) is 18.7. The Morgan fingerprint density at radius 2 is 1.91 bits per heavy atom. The molecule has 0 bridgehead atoms. The Bertz CT molecular complexity index is 872. The van der Waals surface area contributed by atoms with Crippen molar-refractivity contribution < 1.29 is 0 Å². The molecule has 0 spiro atoms. The van der Waals surface area contributed by atoms with E-state index < -0.39 is 0 Å². The molecule has 0 amide bonds. The Balaban J connectivity index is 1.84. The monoisotopic (exact) mass is 299 g/mol. The van der Waals surface area contributed by atoms with Crippen molar-refractivity contribution in [3.05, 3.63) is 88.5 Å². The number of nitrogens with two attached hydrogens (primary N) is 1. The van der Waals surface area contributed by atoms with Gasteiger partial charge in [-0.25, -0.2) is 0 Å². The third kappa shape index (κ3) is 2.58. The highest BCUT2D eigenvalue weighted by molar-refractivity contribution is 5.92. The van der Waals surface area contributed by atoms with E-state index >= 15 is 0 Å². The number of hydrogen-bond donors (Lipinski definition) is 1.